The molecule has 0 saturated carbocycles. The second-order valence-corrected chi connectivity index (χ2v) is 6.41. The van der Waals surface area contributed by atoms with Crippen LogP contribution in [0.4, 0.5) is 5.82 Å². The van der Waals surface area contributed by atoms with Gasteiger partial charge in [-0.3, -0.25) is 4.99 Å². The van der Waals surface area contributed by atoms with Crippen molar-refractivity contribution >= 4 is 22.4 Å². The second kappa shape index (κ2) is 8.39. The Morgan fingerprint density at radius 3 is 2.64 bits per heavy atom. The summed E-state index contributed by atoms with van der Waals surface area (Å²) in [5.74, 6) is 1.18. The molecule has 0 unspecified atom stereocenters. The third kappa shape index (κ3) is 4.37. The Hall–Kier alpha value is -3.61. The van der Waals surface area contributed by atoms with Gasteiger partial charge in [0.2, 0.25) is 0 Å². The van der Waals surface area contributed by atoms with Gasteiger partial charge in [-0.25, -0.2) is 19.9 Å². The first-order valence-corrected chi connectivity index (χ1v) is 8.78. The normalized spacial score (nSPS) is 11.9. The zero-order valence-corrected chi connectivity index (χ0v) is 16.1. The summed E-state index contributed by atoms with van der Waals surface area (Å²) in [7, 11) is 1.75. The number of aryl methyl sites for hydroxylation is 1. The van der Waals surface area contributed by atoms with Crippen LogP contribution in [-0.2, 0) is 0 Å². The van der Waals surface area contributed by atoms with Crippen molar-refractivity contribution in [1.82, 2.24) is 19.9 Å². The molecule has 0 aliphatic rings. The van der Waals surface area contributed by atoms with Crippen molar-refractivity contribution < 1.29 is 5.11 Å². The van der Waals surface area contributed by atoms with Crippen molar-refractivity contribution in [2.75, 3.05) is 18.9 Å². The number of aromatic nitrogens is 4. The number of fused-ring (bicyclic) bond motifs is 1. The monoisotopic (exact) mass is 374 g/mol. The molecular formula is C21H22N6O. The minimum absolute atomic E-state index is 0.0515. The van der Waals surface area contributed by atoms with Crippen LogP contribution in [0.5, 0.6) is 5.75 Å². The first-order chi connectivity index (χ1) is 13.5. The van der Waals surface area contributed by atoms with Gasteiger partial charge in [-0.15, -0.1) is 0 Å². The van der Waals surface area contributed by atoms with Crippen LogP contribution in [-0.4, -0.2) is 44.3 Å². The van der Waals surface area contributed by atoms with Crippen LogP contribution < -0.4 is 5.32 Å². The molecule has 0 spiro atoms. The Bertz CT molecular complexity index is 1070. The van der Waals surface area contributed by atoms with E-state index in [4.69, 9.17) is 0 Å². The number of anilines is 1. The van der Waals surface area contributed by atoms with E-state index in [0.717, 1.165) is 16.8 Å². The van der Waals surface area contributed by atoms with Crippen molar-refractivity contribution in [3.05, 3.63) is 60.7 Å². The number of allylic oxidation sites excluding steroid dienone is 1. The molecule has 3 aromatic rings. The molecule has 7 heteroatoms. The van der Waals surface area contributed by atoms with Crippen molar-refractivity contribution in [2.45, 2.75) is 13.8 Å². The molecule has 1 aromatic carbocycles. The highest BCUT2D eigenvalue weighted by Crippen LogP contribution is 2.32. The zero-order valence-electron chi connectivity index (χ0n) is 16.1. The van der Waals surface area contributed by atoms with Gasteiger partial charge < -0.3 is 10.4 Å². The minimum atomic E-state index is 0.0515. The smallest absolute Gasteiger partial charge is 0.159 e. The Morgan fingerprint density at radius 2 is 1.93 bits per heavy atom. The molecule has 0 radical (unpaired) electrons. The molecular weight excluding hydrogens is 352 g/mol. The number of hydrogen-bond donors (Lipinski definition) is 2. The molecule has 0 aliphatic carbocycles. The predicted octanol–water partition coefficient (Wildman–Crippen LogP) is 3.72. The number of aromatic hydroxyl groups is 1. The maximum absolute atomic E-state index is 10.4. The fourth-order valence-electron chi connectivity index (χ4n) is 2.53. The van der Waals surface area contributed by atoms with E-state index < -0.39 is 0 Å². The lowest BCUT2D eigenvalue weighted by atomic mass is 10.1. The largest absolute Gasteiger partial charge is 0.506 e. The SMILES string of the molecule is C=C(/C=C\C(C)=NC)CNc1ncnc2c(O)cc(-c3ncc(C)cn3)cc12. The quantitative estimate of drug-likeness (QED) is 0.504. The predicted molar refractivity (Wildman–Crippen MR) is 113 cm³/mol. The van der Waals surface area contributed by atoms with E-state index in [1.807, 2.05) is 32.1 Å². The van der Waals surface area contributed by atoms with E-state index in [0.29, 0.717) is 34.7 Å². The lowest BCUT2D eigenvalue weighted by Gasteiger charge is -2.11. The number of phenols is 1. The molecule has 0 aliphatic heterocycles. The Labute approximate surface area is 163 Å². The first-order valence-electron chi connectivity index (χ1n) is 8.78. The van der Waals surface area contributed by atoms with E-state index in [-0.39, 0.29) is 5.75 Å². The fourth-order valence-corrected chi connectivity index (χ4v) is 2.53. The summed E-state index contributed by atoms with van der Waals surface area (Å²) in [6.45, 7) is 8.37. The molecule has 28 heavy (non-hydrogen) atoms. The van der Waals surface area contributed by atoms with Gasteiger partial charge in [0.1, 0.15) is 23.4 Å². The van der Waals surface area contributed by atoms with Gasteiger partial charge in [-0.05, 0) is 43.2 Å². The standard InChI is InChI=1S/C21H22N6O/c1-13(5-6-15(3)22-4)9-25-21-17-7-16(20-23-10-14(2)11-24-20)8-18(28)19(17)26-12-27-21/h5-8,10-12,28H,1,9H2,2-4H3,(H,25,26,27)/b6-5-,22-15?. The summed E-state index contributed by atoms with van der Waals surface area (Å²) in [6.07, 6.45) is 8.70. The van der Waals surface area contributed by atoms with E-state index in [1.54, 1.807) is 25.5 Å². The average molecular weight is 374 g/mol. The highest BCUT2D eigenvalue weighted by molar-refractivity contribution is 5.96. The summed E-state index contributed by atoms with van der Waals surface area (Å²) >= 11 is 0. The van der Waals surface area contributed by atoms with E-state index in [2.05, 4.69) is 36.8 Å². The average Bonchev–Trinajstić information content (AvgIpc) is 2.71. The van der Waals surface area contributed by atoms with Gasteiger partial charge in [0.15, 0.2) is 5.82 Å². The highest BCUT2D eigenvalue weighted by atomic mass is 16.3. The van der Waals surface area contributed by atoms with Gasteiger partial charge in [0, 0.05) is 42.6 Å². The molecule has 2 heterocycles. The highest BCUT2D eigenvalue weighted by Gasteiger charge is 2.12. The van der Waals surface area contributed by atoms with E-state index in [9.17, 15) is 5.11 Å². The summed E-state index contributed by atoms with van der Waals surface area (Å²) in [5.41, 5.74) is 3.91. The molecule has 2 N–H and O–H groups in total. The number of hydrogen-bond acceptors (Lipinski definition) is 7. The second-order valence-electron chi connectivity index (χ2n) is 6.41. The van der Waals surface area contributed by atoms with Crippen molar-refractivity contribution in [2.24, 2.45) is 4.99 Å². The maximum Gasteiger partial charge on any atom is 0.159 e. The number of aliphatic imine (C=N–C) groups is 1. The van der Waals surface area contributed by atoms with Crippen molar-refractivity contribution in [1.29, 1.82) is 0 Å². The van der Waals surface area contributed by atoms with Crippen molar-refractivity contribution in [3.8, 4) is 17.1 Å². The molecule has 0 amide bonds. The lowest BCUT2D eigenvalue weighted by molar-refractivity contribution is 0.480. The minimum Gasteiger partial charge on any atom is -0.506 e. The zero-order chi connectivity index (χ0) is 20.1. The fraction of sp³-hybridized carbons (Fsp3) is 0.190. The lowest BCUT2D eigenvalue weighted by Crippen LogP contribution is -2.06. The summed E-state index contributed by atoms with van der Waals surface area (Å²) in [5, 5.41) is 14.4. The van der Waals surface area contributed by atoms with Crippen LogP contribution in [0.1, 0.15) is 12.5 Å². The number of nitrogens with zero attached hydrogens (tertiary/aromatic N) is 5. The molecule has 3 rings (SSSR count). The molecule has 0 atom stereocenters. The number of benzene rings is 1. The van der Waals surface area contributed by atoms with E-state index in [1.165, 1.54) is 6.33 Å². The van der Waals surface area contributed by atoms with Crippen LogP contribution in [0.2, 0.25) is 0 Å². The van der Waals surface area contributed by atoms with Gasteiger partial charge in [0.05, 0.1) is 0 Å². The molecule has 0 bridgehead atoms. The van der Waals surface area contributed by atoms with Crippen molar-refractivity contribution in [3.63, 3.8) is 0 Å². The third-order valence-electron chi connectivity index (χ3n) is 4.15. The Morgan fingerprint density at radius 1 is 1.18 bits per heavy atom. The first kappa shape index (κ1) is 19.2. The summed E-state index contributed by atoms with van der Waals surface area (Å²) < 4.78 is 0. The van der Waals surface area contributed by atoms with Gasteiger partial charge >= 0.3 is 0 Å². The molecule has 0 fully saturated rings. The van der Waals surface area contributed by atoms with Crippen LogP contribution in [0.15, 0.2) is 60.2 Å². The van der Waals surface area contributed by atoms with Crippen LogP contribution >= 0.6 is 0 Å². The molecule has 7 nitrogen and oxygen atoms in total. The maximum atomic E-state index is 10.4. The topological polar surface area (TPSA) is 96.2 Å². The number of nitrogens with one attached hydrogen (secondary N) is 1. The van der Waals surface area contributed by atoms with E-state index >= 15 is 0 Å². The third-order valence-corrected chi connectivity index (χ3v) is 4.15. The molecule has 142 valence electrons. The Kier molecular flexibility index (Phi) is 5.74. The summed E-state index contributed by atoms with van der Waals surface area (Å²) in [4.78, 5) is 21.3. The van der Waals surface area contributed by atoms with Crippen LogP contribution in [0, 0.1) is 6.92 Å². The van der Waals surface area contributed by atoms with Gasteiger partial charge in [-0.2, -0.15) is 0 Å². The molecule has 2 aromatic heterocycles. The van der Waals surface area contributed by atoms with Crippen LogP contribution in [0.25, 0.3) is 22.3 Å². The van der Waals surface area contributed by atoms with Gasteiger partial charge in [0.25, 0.3) is 0 Å². The van der Waals surface area contributed by atoms with Crippen LogP contribution in [0.3, 0.4) is 0 Å². The molecule has 0 saturated heterocycles. The summed E-state index contributed by atoms with van der Waals surface area (Å²) in [6, 6.07) is 3.48. The number of rotatable bonds is 6. The van der Waals surface area contributed by atoms with Gasteiger partial charge in [-0.1, -0.05) is 12.7 Å². The number of phenolic OH excluding ortho intramolecular Hbond substituents is 1. The Balaban J connectivity index is 1.91.